The number of halogens is 1. The number of hydrogen-bond donors (Lipinski definition) is 1. The van der Waals surface area contributed by atoms with Crippen LogP contribution in [0.1, 0.15) is 0 Å². The molecule has 0 aromatic heterocycles. The molecule has 0 radical (unpaired) electrons. The van der Waals surface area contributed by atoms with Crippen LogP contribution < -0.4 is 4.90 Å². The van der Waals surface area contributed by atoms with Crippen molar-refractivity contribution in [2.45, 2.75) is 0 Å². The highest BCUT2D eigenvalue weighted by molar-refractivity contribution is 6.31. The molecule has 0 fully saturated rings. The fraction of sp³-hybridized carbons (Fsp3) is 0.0667. The summed E-state index contributed by atoms with van der Waals surface area (Å²) in [6.45, 7) is 0. The number of benzene rings is 1. The molecule has 1 aromatic carbocycles. The van der Waals surface area contributed by atoms with Crippen molar-refractivity contribution in [2.24, 2.45) is 10.9 Å². The van der Waals surface area contributed by atoms with E-state index in [1.54, 1.807) is 0 Å². The van der Waals surface area contributed by atoms with Gasteiger partial charge in [-0.25, -0.2) is 18.9 Å². The zero-order valence-corrected chi connectivity index (χ0v) is 11.1. The molecule has 1 aliphatic carbocycles. The van der Waals surface area contributed by atoms with Gasteiger partial charge in [0.1, 0.15) is 5.82 Å². The molecule has 3 rings (SSSR count). The Bertz CT molecular complexity index is 777. The number of aliphatic imine (C=N–C) groups is 1. The highest BCUT2D eigenvalue weighted by atomic mass is 19.1. The van der Waals surface area contributed by atoms with Crippen LogP contribution in [0.15, 0.2) is 53.1 Å². The topological polar surface area (TPSA) is 87.0 Å². The van der Waals surface area contributed by atoms with Gasteiger partial charge in [-0.1, -0.05) is 12.2 Å². The first-order chi connectivity index (χ1) is 10.5. The predicted molar refractivity (Wildman–Crippen MR) is 75.1 cm³/mol. The van der Waals surface area contributed by atoms with Crippen molar-refractivity contribution >= 4 is 29.3 Å². The molecule has 1 atom stereocenters. The van der Waals surface area contributed by atoms with E-state index in [0.29, 0.717) is 0 Å². The number of hydrogen-bond acceptors (Lipinski definition) is 3. The Balaban J connectivity index is 2.01. The van der Waals surface area contributed by atoms with Gasteiger partial charge >= 0.3 is 12.0 Å². The molecule has 1 aliphatic heterocycles. The molecular weight excluding hydrogens is 291 g/mol. The molecule has 2 aliphatic rings. The van der Waals surface area contributed by atoms with Crippen molar-refractivity contribution in [3.63, 3.8) is 0 Å². The SMILES string of the molecule is O=C(O)C1=CC2=NC(=O)N(c3ccc(F)cc3)C(=O)C2C=C1. The van der Waals surface area contributed by atoms with E-state index >= 15 is 0 Å². The van der Waals surface area contributed by atoms with E-state index in [1.807, 2.05) is 0 Å². The first-order valence-corrected chi connectivity index (χ1v) is 6.32. The van der Waals surface area contributed by atoms with Crippen molar-refractivity contribution in [1.82, 2.24) is 0 Å². The number of anilines is 1. The van der Waals surface area contributed by atoms with Gasteiger partial charge in [-0.2, -0.15) is 4.99 Å². The second-order valence-electron chi connectivity index (χ2n) is 4.71. The number of amides is 3. The molecule has 22 heavy (non-hydrogen) atoms. The number of imide groups is 1. The van der Waals surface area contributed by atoms with Gasteiger partial charge in [0.25, 0.3) is 0 Å². The lowest BCUT2D eigenvalue weighted by Gasteiger charge is -2.28. The summed E-state index contributed by atoms with van der Waals surface area (Å²) < 4.78 is 12.9. The molecule has 1 unspecified atom stereocenters. The standard InChI is InChI=1S/C15H9FN2O4/c16-9-2-4-10(5-3-9)18-13(19)11-6-1-8(14(20)21)7-12(11)17-15(18)22/h1-7,11H,(H,20,21). The van der Waals surface area contributed by atoms with E-state index in [9.17, 15) is 18.8 Å². The largest absolute Gasteiger partial charge is 0.478 e. The predicted octanol–water partition coefficient (Wildman–Crippen LogP) is 1.93. The maximum absolute atomic E-state index is 12.9. The molecule has 1 N–H and O–H groups in total. The summed E-state index contributed by atoms with van der Waals surface area (Å²) in [7, 11) is 0. The fourth-order valence-corrected chi connectivity index (χ4v) is 2.26. The first-order valence-electron chi connectivity index (χ1n) is 6.32. The number of aliphatic carboxylic acids is 1. The highest BCUT2D eigenvalue weighted by Gasteiger charge is 2.37. The Hall–Kier alpha value is -3.09. The number of urea groups is 1. The van der Waals surface area contributed by atoms with E-state index in [0.717, 1.165) is 17.0 Å². The number of carboxylic acid groups (broad SMARTS) is 1. The first kappa shape index (κ1) is 13.9. The molecule has 0 saturated carbocycles. The number of carbonyl (C=O) groups is 3. The van der Waals surface area contributed by atoms with Crippen LogP contribution in [0.3, 0.4) is 0 Å². The lowest BCUT2D eigenvalue weighted by Crippen LogP contribution is -2.46. The minimum atomic E-state index is -1.17. The Labute approximate surface area is 123 Å². The van der Waals surface area contributed by atoms with Gasteiger partial charge in [0.15, 0.2) is 0 Å². The average Bonchev–Trinajstić information content (AvgIpc) is 2.48. The Morgan fingerprint density at radius 1 is 1.23 bits per heavy atom. The maximum Gasteiger partial charge on any atom is 0.355 e. The van der Waals surface area contributed by atoms with E-state index in [-0.39, 0.29) is 17.0 Å². The molecule has 0 spiro atoms. The lowest BCUT2D eigenvalue weighted by atomic mass is 9.92. The van der Waals surface area contributed by atoms with Crippen molar-refractivity contribution in [3.05, 3.63) is 53.9 Å². The summed E-state index contributed by atoms with van der Waals surface area (Å²) in [4.78, 5) is 40.0. The zero-order valence-electron chi connectivity index (χ0n) is 11.1. The number of rotatable bonds is 2. The molecule has 0 bridgehead atoms. The van der Waals surface area contributed by atoms with Gasteiger partial charge in [-0.15, -0.1) is 0 Å². The van der Waals surface area contributed by atoms with Crippen LogP contribution in [-0.2, 0) is 9.59 Å². The van der Waals surface area contributed by atoms with Gasteiger partial charge < -0.3 is 5.11 Å². The van der Waals surface area contributed by atoms with E-state index in [2.05, 4.69) is 4.99 Å². The summed E-state index contributed by atoms with van der Waals surface area (Å²) in [5.41, 5.74) is 0.250. The summed E-state index contributed by atoms with van der Waals surface area (Å²) in [5, 5.41) is 8.93. The second kappa shape index (κ2) is 5.03. The van der Waals surface area contributed by atoms with Crippen molar-refractivity contribution < 1.29 is 23.9 Å². The van der Waals surface area contributed by atoms with E-state index in [4.69, 9.17) is 5.11 Å². The van der Waals surface area contributed by atoms with Crippen molar-refractivity contribution in [3.8, 4) is 0 Å². The maximum atomic E-state index is 12.9. The van der Waals surface area contributed by atoms with Crippen LogP contribution in [0.2, 0.25) is 0 Å². The van der Waals surface area contributed by atoms with Crippen LogP contribution in [0, 0.1) is 11.7 Å². The van der Waals surface area contributed by atoms with Crippen LogP contribution in [0.5, 0.6) is 0 Å². The lowest BCUT2D eigenvalue weighted by molar-refractivity contribution is -0.132. The number of fused-ring (bicyclic) bond motifs is 1. The number of nitrogens with zero attached hydrogens (tertiary/aromatic N) is 2. The van der Waals surface area contributed by atoms with Gasteiger partial charge in [0.2, 0.25) is 5.91 Å². The third-order valence-electron chi connectivity index (χ3n) is 3.32. The normalized spacial score (nSPS) is 20.4. The van der Waals surface area contributed by atoms with E-state index in [1.165, 1.54) is 30.4 Å². The van der Waals surface area contributed by atoms with Crippen LogP contribution in [-0.4, -0.2) is 28.7 Å². The van der Waals surface area contributed by atoms with Gasteiger partial charge in [0, 0.05) is 0 Å². The van der Waals surface area contributed by atoms with Crippen molar-refractivity contribution in [1.29, 1.82) is 0 Å². The Morgan fingerprint density at radius 3 is 2.55 bits per heavy atom. The van der Waals surface area contributed by atoms with Crippen molar-refractivity contribution in [2.75, 3.05) is 4.90 Å². The second-order valence-corrected chi connectivity index (χ2v) is 4.71. The summed E-state index contributed by atoms with van der Waals surface area (Å²) in [5.74, 6) is -3.04. The van der Waals surface area contributed by atoms with Gasteiger partial charge in [-0.3, -0.25) is 4.79 Å². The summed E-state index contributed by atoms with van der Waals surface area (Å²) in [6, 6.07) is 4.04. The Morgan fingerprint density at radius 2 is 1.91 bits per heavy atom. The minimum Gasteiger partial charge on any atom is -0.478 e. The third kappa shape index (κ3) is 2.22. The highest BCUT2D eigenvalue weighted by Crippen LogP contribution is 2.26. The molecule has 7 heteroatoms. The van der Waals surface area contributed by atoms with Crippen LogP contribution in [0.25, 0.3) is 0 Å². The molecule has 110 valence electrons. The number of allylic oxidation sites excluding steroid dienone is 1. The average molecular weight is 300 g/mol. The number of carbonyl (C=O) groups excluding carboxylic acids is 2. The molecule has 1 heterocycles. The molecule has 1 aromatic rings. The molecule has 6 nitrogen and oxygen atoms in total. The summed E-state index contributed by atoms with van der Waals surface area (Å²) >= 11 is 0. The molecule has 0 saturated heterocycles. The van der Waals surface area contributed by atoms with Gasteiger partial charge in [0.05, 0.1) is 22.9 Å². The molecular formula is C15H9FN2O4. The smallest absolute Gasteiger partial charge is 0.355 e. The van der Waals surface area contributed by atoms with E-state index < -0.39 is 29.6 Å². The minimum absolute atomic E-state index is 0.0502. The monoisotopic (exact) mass is 300 g/mol. The Kier molecular flexibility index (Phi) is 3.17. The van der Waals surface area contributed by atoms with Crippen LogP contribution >= 0.6 is 0 Å². The fourth-order valence-electron chi connectivity index (χ4n) is 2.26. The quantitative estimate of drug-likeness (QED) is 0.904. The zero-order chi connectivity index (χ0) is 15.9. The van der Waals surface area contributed by atoms with Crippen LogP contribution in [0.4, 0.5) is 14.9 Å². The number of carboxylic acids is 1. The third-order valence-corrected chi connectivity index (χ3v) is 3.32. The van der Waals surface area contributed by atoms with Gasteiger partial charge in [-0.05, 0) is 30.3 Å². The molecule has 3 amide bonds. The summed E-state index contributed by atoms with van der Waals surface area (Å²) in [6.07, 6.45) is 3.88.